The number of hydrogen-bond acceptors (Lipinski definition) is 10. The average Bonchev–Trinajstić information content (AvgIpc) is 3.75. The van der Waals surface area contributed by atoms with E-state index in [-0.39, 0.29) is 56.1 Å². The van der Waals surface area contributed by atoms with Gasteiger partial charge in [-0.05, 0) is 44.0 Å². The summed E-state index contributed by atoms with van der Waals surface area (Å²) in [6.45, 7) is 1.98. The molecule has 0 aliphatic carbocycles. The number of nitrogens with zero attached hydrogens (tertiary/aromatic N) is 7. The number of alkyl halides is 4. The molecule has 0 radical (unpaired) electrons. The van der Waals surface area contributed by atoms with Gasteiger partial charge in [-0.15, -0.1) is 0 Å². The molecule has 2 N–H and O–H groups in total. The fourth-order valence-corrected chi connectivity index (χ4v) is 6.84. The molecule has 3 aromatic rings. The van der Waals surface area contributed by atoms with E-state index < -0.39 is 41.1 Å². The summed E-state index contributed by atoms with van der Waals surface area (Å²) in [5.41, 5.74) is 4.60. The van der Waals surface area contributed by atoms with Crippen LogP contribution in [-0.4, -0.2) is 94.4 Å². The molecule has 2 saturated heterocycles. The molecule has 3 atom stereocenters. The maximum atomic E-state index is 15.0. The molecule has 1 amide bonds. The van der Waals surface area contributed by atoms with Crippen molar-refractivity contribution < 1.29 is 41.0 Å². The molecular weight excluding hydrogens is 655 g/mol. The summed E-state index contributed by atoms with van der Waals surface area (Å²) in [6.07, 6.45) is -3.52. The summed E-state index contributed by atoms with van der Waals surface area (Å²) >= 11 is 0. The lowest BCUT2D eigenvalue weighted by Gasteiger charge is -2.31. The number of amides is 1. The number of hydrogen-bond donors (Lipinski definition) is 1. The number of fused-ring (bicyclic) bond motifs is 3. The zero-order valence-electron chi connectivity index (χ0n) is 27.3. The van der Waals surface area contributed by atoms with Gasteiger partial charge < -0.3 is 25.0 Å². The fraction of sp³-hybridized carbons (Fsp3) is 0.531. The van der Waals surface area contributed by atoms with Gasteiger partial charge in [-0.2, -0.15) is 28.2 Å². The van der Waals surface area contributed by atoms with Crippen LogP contribution in [0.1, 0.15) is 75.1 Å². The van der Waals surface area contributed by atoms with Crippen LogP contribution < -0.4 is 15.4 Å². The van der Waals surface area contributed by atoms with Crippen molar-refractivity contribution in [2.24, 2.45) is 0 Å². The smallest absolute Gasteiger partial charge is 0.416 e. The van der Waals surface area contributed by atoms with Crippen LogP contribution in [-0.2, 0) is 30.5 Å². The molecule has 4 aliphatic rings. The zero-order valence-corrected chi connectivity index (χ0v) is 27.3. The van der Waals surface area contributed by atoms with Crippen LogP contribution >= 0.6 is 0 Å². The van der Waals surface area contributed by atoms with E-state index in [2.05, 4.69) is 20.0 Å². The van der Waals surface area contributed by atoms with E-state index in [0.717, 1.165) is 25.1 Å². The van der Waals surface area contributed by atoms with Crippen molar-refractivity contribution in [3.8, 4) is 6.01 Å². The Labute approximate surface area is 279 Å². The maximum Gasteiger partial charge on any atom is 0.416 e. The summed E-state index contributed by atoms with van der Waals surface area (Å²) < 4.78 is 81.0. The number of aromatic nitrogens is 4. The van der Waals surface area contributed by atoms with Crippen LogP contribution in [0.5, 0.6) is 6.01 Å². The van der Waals surface area contributed by atoms with Crippen LogP contribution in [0.2, 0.25) is 0 Å². The molecule has 0 bridgehead atoms. The van der Waals surface area contributed by atoms with Crippen molar-refractivity contribution in [2.45, 2.75) is 69.7 Å². The third-order valence-corrected chi connectivity index (χ3v) is 9.23. The highest BCUT2D eigenvalue weighted by Crippen LogP contribution is 2.43. The third-order valence-electron chi connectivity index (χ3n) is 9.23. The third kappa shape index (κ3) is 6.90. The van der Waals surface area contributed by atoms with Crippen molar-refractivity contribution in [2.75, 3.05) is 51.5 Å². The number of nitrogen functional groups attached to an aromatic ring is 1. The molecule has 49 heavy (non-hydrogen) atoms. The Morgan fingerprint density at radius 1 is 1.18 bits per heavy atom. The van der Waals surface area contributed by atoms with E-state index in [0.29, 0.717) is 35.4 Å². The molecule has 1 aromatic carbocycles. The summed E-state index contributed by atoms with van der Waals surface area (Å²) in [5, 5.41) is 4.18. The molecule has 2 aromatic heterocycles. The summed E-state index contributed by atoms with van der Waals surface area (Å²) in [7, 11) is 4.48. The highest BCUT2D eigenvalue weighted by Gasteiger charge is 2.40. The monoisotopic (exact) mass is 692 g/mol. The van der Waals surface area contributed by atoms with E-state index >= 15 is 0 Å². The van der Waals surface area contributed by atoms with Gasteiger partial charge in [-0.3, -0.25) is 14.5 Å². The predicted molar refractivity (Wildman–Crippen MR) is 166 cm³/mol. The number of ether oxygens (including phenoxy) is 2. The molecule has 264 valence electrons. The molecule has 12 nitrogen and oxygen atoms in total. The van der Waals surface area contributed by atoms with Gasteiger partial charge in [-0.1, -0.05) is 0 Å². The minimum atomic E-state index is -4.84. The maximum absolute atomic E-state index is 15.0. The molecule has 3 unspecified atom stereocenters. The number of carbonyl (C=O) groups is 2. The Hall–Kier alpha value is -4.38. The molecule has 0 spiro atoms. The number of rotatable bonds is 4. The van der Waals surface area contributed by atoms with Gasteiger partial charge in [0.25, 0.3) is 5.91 Å². The second-order valence-electron chi connectivity index (χ2n) is 12.7. The van der Waals surface area contributed by atoms with Crippen LogP contribution in [0.25, 0.3) is 0 Å². The Balaban J connectivity index is 0.000000396. The van der Waals surface area contributed by atoms with Crippen LogP contribution in [0.15, 0.2) is 18.2 Å². The standard InChI is InChI=1S/C25H25F4N7O4.C7H12FN/c1-34(2)23(38)17-8-12-10-35(7-6-19(37)36(12)33-17)22-13-11-40-18(9-16(13)31-24(32-22)39-3)20-14(25(27,28)29)4-5-15(30)21(20)26;8-6-4-7-2-1-3-9(7)5-6/h4-5,8,18H,6-7,9-11,30H2,1-3H3;6-7H,1-5H2. The number of nitrogens with two attached hydrogens (primary N) is 1. The summed E-state index contributed by atoms with van der Waals surface area (Å²) in [5.74, 6) is -1.55. The van der Waals surface area contributed by atoms with Crippen molar-refractivity contribution in [1.82, 2.24) is 29.5 Å². The second kappa shape index (κ2) is 13.5. The quantitative estimate of drug-likeness (QED) is 0.314. The van der Waals surface area contributed by atoms with Gasteiger partial charge in [-0.25, -0.2) is 13.5 Å². The number of carbonyl (C=O) groups excluding carboxylic acids is 2. The lowest BCUT2D eigenvalue weighted by molar-refractivity contribution is -0.140. The van der Waals surface area contributed by atoms with Gasteiger partial charge in [0.2, 0.25) is 5.91 Å². The fourth-order valence-electron chi connectivity index (χ4n) is 6.84. The lowest BCUT2D eigenvalue weighted by Crippen LogP contribution is -2.29. The second-order valence-corrected chi connectivity index (χ2v) is 12.7. The number of anilines is 2. The summed E-state index contributed by atoms with van der Waals surface area (Å²) in [4.78, 5) is 39.4. The molecule has 4 aliphatic heterocycles. The number of methoxy groups -OCH3 is 1. The normalized spacial score (nSPS) is 22.1. The lowest BCUT2D eigenvalue weighted by atomic mass is 9.94. The average molecular weight is 693 g/mol. The van der Waals surface area contributed by atoms with E-state index in [1.165, 1.54) is 35.6 Å². The molecular formula is C32H37F5N8O4. The van der Waals surface area contributed by atoms with Gasteiger partial charge >= 0.3 is 12.2 Å². The van der Waals surface area contributed by atoms with Gasteiger partial charge in [0.1, 0.15) is 12.0 Å². The topological polar surface area (TPSA) is 132 Å². The minimum absolute atomic E-state index is 0.0400. The first-order valence-corrected chi connectivity index (χ1v) is 15.9. The van der Waals surface area contributed by atoms with Crippen molar-refractivity contribution in [3.05, 3.63) is 57.8 Å². The number of benzene rings is 1. The van der Waals surface area contributed by atoms with E-state index in [4.69, 9.17) is 15.2 Å². The van der Waals surface area contributed by atoms with Gasteiger partial charge in [0, 0.05) is 57.2 Å². The first kappa shape index (κ1) is 34.5. The van der Waals surface area contributed by atoms with Crippen LogP contribution in [0.3, 0.4) is 0 Å². The highest BCUT2D eigenvalue weighted by atomic mass is 19.4. The van der Waals surface area contributed by atoms with Crippen molar-refractivity contribution in [3.63, 3.8) is 0 Å². The summed E-state index contributed by atoms with van der Waals surface area (Å²) in [6, 6.07) is 3.67. The Morgan fingerprint density at radius 2 is 1.96 bits per heavy atom. The first-order chi connectivity index (χ1) is 23.2. The predicted octanol–water partition coefficient (Wildman–Crippen LogP) is 4.18. The molecule has 6 heterocycles. The van der Waals surface area contributed by atoms with E-state index in [9.17, 15) is 31.5 Å². The zero-order chi connectivity index (χ0) is 35.2. The Kier molecular flexibility index (Phi) is 9.50. The van der Waals surface area contributed by atoms with E-state index in [1.54, 1.807) is 19.0 Å². The van der Waals surface area contributed by atoms with Gasteiger partial charge in [0.05, 0.1) is 49.0 Å². The molecule has 0 saturated carbocycles. The number of halogens is 5. The Morgan fingerprint density at radius 3 is 2.65 bits per heavy atom. The molecule has 2 fully saturated rings. The van der Waals surface area contributed by atoms with Crippen LogP contribution in [0.4, 0.5) is 33.5 Å². The van der Waals surface area contributed by atoms with Crippen molar-refractivity contribution >= 4 is 23.3 Å². The Bertz CT molecular complexity index is 1740. The van der Waals surface area contributed by atoms with Crippen LogP contribution in [0, 0.1) is 5.82 Å². The van der Waals surface area contributed by atoms with Gasteiger partial charge in [0.15, 0.2) is 11.5 Å². The SMILES string of the molecule is COc1nc2c(c(N3CCC(=O)n4nc(C(=O)N(C)C)cc4C3)n1)COC(c1c(C(F)(F)F)ccc(N)c1F)C2.FC1CC2CCCN2C1. The largest absolute Gasteiger partial charge is 0.467 e. The van der Waals surface area contributed by atoms with Crippen molar-refractivity contribution in [1.29, 1.82) is 0 Å². The minimum Gasteiger partial charge on any atom is -0.467 e. The first-order valence-electron chi connectivity index (χ1n) is 15.9. The molecule has 7 rings (SSSR count). The highest BCUT2D eigenvalue weighted by molar-refractivity contribution is 5.93. The molecule has 17 heteroatoms. The van der Waals surface area contributed by atoms with E-state index in [1.807, 2.05) is 0 Å².